The summed E-state index contributed by atoms with van der Waals surface area (Å²) in [5, 5.41) is 0. The molecule has 0 amide bonds. The second-order valence-electron chi connectivity index (χ2n) is 4.32. The van der Waals surface area contributed by atoms with Crippen molar-refractivity contribution in [3.05, 3.63) is 29.6 Å². The van der Waals surface area contributed by atoms with Gasteiger partial charge in [-0.15, -0.1) is 0 Å². The van der Waals surface area contributed by atoms with Gasteiger partial charge in [0, 0.05) is 23.3 Å². The van der Waals surface area contributed by atoms with Crippen LogP contribution in [0.2, 0.25) is 0 Å². The van der Waals surface area contributed by atoms with Gasteiger partial charge in [-0.25, -0.2) is 0 Å². The van der Waals surface area contributed by atoms with E-state index >= 15 is 0 Å². The van der Waals surface area contributed by atoms with Gasteiger partial charge in [0.1, 0.15) is 0 Å². The number of pyridine rings is 1. The molecule has 1 aliphatic rings. The van der Waals surface area contributed by atoms with Crippen LogP contribution in [0.1, 0.15) is 44.0 Å². The Labute approximate surface area is 79.2 Å². The number of nitrogens with two attached hydrogens (primary N) is 1. The van der Waals surface area contributed by atoms with Crippen molar-refractivity contribution in [3.8, 4) is 0 Å². The maximum absolute atomic E-state index is 5.82. The quantitative estimate of drug-likeness (QED) is 0.750. The van der Waals surface area contributed by atoms with Gasteiger partial charge in [0.25, 0.3) is 0 Å². The lowest BCUT2D eigenvalue weighted by atomic mass is 10.0. The zero-order valence-electron chi connectivity index (χ0n) is 8.25. The second kappa shape index (κ2) is 2.81. The lowest BCUT2D eigenvalue weighted by Gasteiger charge is -2.11. The molecule has 1 heterocycles. The van der Waals surface area contributed by atoms with Gasteiger partial charge in [0.15, 0.2) is 0 Å². The van der Waals surface area contributed by atoms with Crippen molar-refractivity contribution in [2.75, 3.05) is 0 Å². The Balaban J connectivity index is 2.33. The van der Waals surface area contributed by atoms with Crippen LogP contribution < -0.4 is 5.73 Å². The maximum atomic E-state index is 5.82. The fraction of sp³-hybridized carbons (Fsp3) is 0.545. The fourth-order valence-electron chi connectivity index (χ4n) is 1.50. The number of aromatic nitrogens is 1. The van der Waals surface area contributed by atoms with E-state index in [-0.39, 0.29) is 6.04 Å². The summed E-state index contributed by atoms with van der Waals surface area (Å²) in [7, 11) is 0. The summed E-state index contributed by atoms with van der Waals surface area (Å²) in [6, 6.07) is 4.27. The van der Waals surface area contributed by atoms with Crippen molar-refractivity contribution in [1.82, 2.24) is 4.98 Å². The fourth-order valence-corrected chi connectivity index (χ4v) is 1.50. The maximum Gasteiger partial charge on any atom is 0.0465 e. The van der Waals surface area contributed by atoms with E-state index in [2.05, 4.69) is 18.0 Å². The molecule has 1 fully saturated rings. The van der Waals surface area contributed by atoms with Crippen LogP contribution in [-0.2, 0) is 5.41 Å². The van der Waals surface area contributed by atoms with Gasteiger partial charge in [-0.05, 0) is 37.5 Å². The Hall–Kier alpha value is -0.890. The zero-order chi connectivity index (χ0) is 9.47. The molecule has 2 N–H and O–H groups in total. The van der Waals surface area contributed by atoms with Crippen LogP contribution in [0.15, 0.2) is 18.3 Å². The predicted octanol–water partition coefficient (Wildman–Crippen LogP) is 2.15. The first-order valence-corrected chi connectivity index (χ1v) is 4.84. The van der Waals surface area contributed by atoms with E-state index in [0.717, 1.165) is 0 Å². The monoisotopic (exact) mass is 176 g/mol. The normalized spacial score (nSPS) is 21.2. The van der Waals surface area contributed by atoms with Crippen molar-refractivity contribution in [3.63, 3.8) is 0 Å². The summed E-state index contributed by atoms with van der Waals surface area (Å²) < 4.78 is 0. The third kappa shape index (κ3) is 1.59. The van der Waals surface area contributed by atoms with Gasteiger partial charge < -0.3 is 5.73 Å². The van der Waals surface area contributed by atoms with E-state index in [9.17, 15) is 0 Å². The summed E-state index contributed by atoms with van der Waals surface area (Å²) in [5.41, 5.74) is 8.57. The molecular weight excluding hydrogens is 160 g/mol. The SMILES string of the molecule is CC(N)c1ccnc(C2(C)CC2)c1. The molecule has 13 heavy (non-hydrogen) atoms. The highest BCUT2D eigenvalue weighted by Gasteiger charge is 2.40. The molecule has 0 radical (unpaired) electrons. The Kier molecular flexibility index (Phi) is 1.88. The van der Waals surface area contributed by atoms with Gasteiger partial charge >= 0.3 is 0 Å². The van der Waals surface area contributed by atoms with E-state index < -0.39 is 0 Å². The minimum Gasteiger partial charge on any atom is -0.324 e. The number of hydrogen-bond donors (Lipinski definition) is 1. The zero-order valence-corrected chi connectivity index (χ0v) is 8.25. The molecule has 2 heteroatoms. The summed E-state index contributed by atoms with van der Waals surface area (Å²) in [5.74, 6) is 0. The standard InChI is InChI=1S/C11H16N2/c1-8(12)9-3-6-13-10(7-9)11(2)4-5-11/h3,6-8H,4-5,12H2,1-2H3. The lowest BCUT2D eigenvalue weighted by Crippen LogP contribution is -2.09. The molecule has 1 aliphatic carbocycles. The predicted molar refractivity (Wildman–Crippen MR) is 53.4 cm³/mol. The second-order valence-corrected chi connectivity index (χ2v) is 4.32. The van der Waals surface area contributed by atoms with Crippen LogP contribution in [0.5, 0.6) is 0 Å². The molecule has 0 bridgehead atoms. The van der Waals surface area contributed by atoms with Crippen molar-refractivity contribution < 1.29 is 0 Å². The average Bonchev–Trinajstić information content (AvgIpc) is 2.85. The van der Waals surface area contributed by atoms with Gasteiger partial charge in [-0.1, -0.05) is 6.92 Å². The molecule has 2 rings (SSSR count). The molecule has 1 unspecified atom stereocenters. The Morgan fingerprint density at radius 2 is 2.23 bits per heavy atom. The summed E-state index contributed by atoms with van der Waals surface area (Å²) in [6.45, 7) is 4.27. The van der Waals surface area contributed by atoms with Crippen molar-refractivity contribution in [1.29, 1.82) is 0 Å². The molecule has 1 aromatic heterocycles. The van der Waals surface area contributed by atoms with Gasteiger partial charge in [0.2, 0.25) is 0 Å². The highest BCUT2D eigenvalue weighted by atomic mass is 14.7. The molecule has 0 spiro atoms. The van der Waals surface area contributed by atoms with Crippen LogP contribution in [0.4, 0.5) is 0 Å². The van der Waals surface area contributed by atoms with E-state index in [0.29, 0.717) is 5.41 Å². The van der Waals surface area contributed by atoms with Crippen molar-refractivity contribution in [2.45, 2.75) is 38.1 Å². The molecule has 0 aliphatic heterocycles. The first-order valence-electron chi connectivity index (χ1n) is 4.84. The Morgan fingerprint density at radius 1 is 1.54 bits per heavy atom. The largest absolute Gasteiger partial charge is 0.324 e. The van der Waals surface area contributed by atoms with Gasteiger partial charge in [-0.3, -0.25) is 4.98 Å². The van der Waals surface area contributed by atoms with Crippen LogP contribution in [0.3, 0.4) is 0 Å². The summed E-state index contributed by atoms with van der Waals surface area (Å²) in [6.07, 6.45) is 4.41. The van der Waals surface area contributed by atoms with Gasteiger partial charge in [-0.2, -0.15) is 0 Å². The van der Waals surface area contributed by atoms with Crippen molar-refractivity contribution in [2.24, 2.45) is 5.73 Å². The lowest BCUT2D eigenvalue weighted by molar-refractivity contribution is 0.735. The highest BCUT2D eigenvalue weighted by molar-refractivity contribution is 5.28. The molecule has 1 atom stereocenters. The highest BCUT2D eigenvalue weighted by Crippen LogP contribution is 2.46. The van der Waals surface area contributed by atoms with Crippen LogP contribution in [0, 0.1) is 0 Å². The Bertz CT molecular complexity index is 314. The summed E-state index contributed by atoms with van der Waals surface area (Å²) >= 11 is 0. The minimum atomic E-state index is 0.115. The summed E-state index contributed by atoms with van der Waals surface area (Å²) in [4.78, 5) is 4.40. The first kappa shape index (κ1) is 8.70. The van der Waals surface area contributed by atoms with Crippen molar-refractivity contribution >= 4 is 0 Å². The topological polar surface area (TPSA) is 38.9 Å². The number of rotatable bonds is 2. The smallest absolute Gasteiger partial charge is 0.0465 e. The minimum absolute atomic E-state index is 0.115. The van der Waals surface area contributed by atoms with E-state index in [4.69, 9.17) is 5.73 Å². The molecular formula is C11H16N2. The molecule has 1 saturated carbocycles. The third-order valence-electron chi connectivity index (χ3n) is 2.93. The van der Waals surface area contributed by atoms with E-state index in [1.165, 1.54) is 24.1 Å². The third-order valence-corrected chi connectivity index (χ3v) is 2.93. The Morgan fingerprint density at radius 3 is 2.77 bits per heavy atom. The van der Waals surface area contributed by atoms with E-state index in [1.54, 1.807) is 0 Å². The van der Waals surface area contributed by atoms with E-state index in [1.807, 2.05) is 19.2 Å². The molecule has 0 aromatic carbocycles. The molecule has 70 valence electrons. The number of nitrogens with zero attached hydrogens (tertiary/aromatic N) is 1. The first-order chi connectivity index (χ1) is 6.12. The van der Waals surface area contributed by atoms with Gasteiger partial charge in [0.05, 0.1) is 0 Å². The van der Waals surface area contributed by atoms with Crippen LogP contribution in [-0.4, -0.2) is 4.98 Å². The molecule has 0 saturated heterocycles. The number of hydrogen-bond acceptors (Lipinski definition) is 2. The average molecular weight is 176 g/mol. The van der Waals surface area contributed by atoms with Crippen LogP contribution >= 0.6 is 0 Å². The van der Waals surface area contributed by atoms with Crippen LogP contribution in [0.25, 0.3) is 0 Å². The molecule has 1 aromatic rings. The molecule has 2 nitrogen and oxygen atoms in total.